The van der Waals surface area contributed by atoms with E-state index in [1.54, 1.807) is 0 Å². The molecule has 0 heterocycles. The van der Waals surface area contributed by atoms with Gasteiger partial charge in [0.1, 0.15) is 6.04 Å². The second-order valence-corrected chi connectivity index (χ2v) is 7.98. The molecule has 0 aromatic carbocycles. The van der Waals surface area contributed by atoms with Gasteiger partial charge in [0.2, 0.25) is 11.8 Å². The predicted octanol–water partition coefficient (Wildman–Crippen LogP) is 1.74. The van der Waals surface area contributed by atoms with Crippen LogP contribution in [0.4, 0.5) is 0 Å². The summed E-state index contributed by atoms with van der Waals surface area (Å²) >= 11 is 4.16. The van der Waals surface area contributed by atoms with Crippen molar-refractivity contribution in [3.63, 3.8) is 0 Å². The second-order valence-electron chi connectivity index (χ2n) is 7.61. The molecule has 0 saturated carbocycles. The number of aliphatic carboxylic acids is 1. The van der Waals surface area contributed by atoms with E-state index in [0.717, 1.165) is 0 Å². The number of primary amides is 1. The number of carboxylic acids is 1. The minimum Gasteiger partial charge on any atom is -0.480 e. The van der Waals surface area contributed by atoms with Crippen LogP contribution in [0, 0.1) is 23.7 Å². The third-order valence-corrected chi connectivity index (χ3v) is 4.84. The first-order chi connectivity index (χ1) is 13.0. The van der Waals surface area contributed by atoms with Gasteiger partial charge in [0, 0.05) is 18.2 Å². The molecular formula is C20H35N3O4S. The van der Waals surface area contributed by atoms with E-state index in [-0.39, 0.29) is 36.6 Å². The van der Waals surface area contributed by atoms with Crippen LogP contribution in [0.2, 0.25) is 0 Å². The standard InChI is InChI=1S/C20H35N3O4S/c1-12(2)14(5-7-15(21)11-28)6-8-16(13(3)4)19(25)23-17(20(26)27)9-10-18(22)24/h5-8,12-17,28H,9-11,21H2,1-4H3,(H2,22,24)(H,23,25)(H,26,27)/b7-5+,8-6+/t14?,15?,16?,17-/m0/s1. The fourth-order valence-electron chi connectivity index (χ4n) is 2.51. The fourth-order valence-corrected chi connectivity index (χ4v) is 2.63. The zero-order valence-corrected chi connectivity index (χ0v) is 18.1. The molecule has 0 aliphatic rings. The highest BCUT2D eigenvalue weighted by molar-refractivity contribution is 7.80. The van der Waals surface area contributed by atoms with Gasteiger partial charge >= 0.3 is 5.97 Å². The van der Waals surface area contributed by atoms with Gasteiger partial charge in [-0.25, -0.2) is 4.79 Å². The summed E-state index contributed by atoms with van der Waals surface area (Å²) < 4.78 is 0. The van der Waals surface area contributed by atoms with E-state index in [2.05, 4.69) is 31.8 Å². The van der Waals surface area contributed by atoms with Crippen molar-refractivity contribution in [1.82, 2.24) is 5.32 Å². The molecule has 4 atom stereocenters. The van der Waals surface area contributed by atoms with E-state index < -0.39 is 23.8 Å². The Morgan fingerprint density at radius 2 is 1.61 bits per heavy atom. The fraction of sp³-hybridized carbons (Fsp3) is 0.650. The van der Waals surface area contributed by atoms with E-state index in [1.807, 2.05) is 38.2 Å². The first-order valence-corrected chi connectivity index (χ1v) is 10.2. The van der Waals surface area contributed by atoms with Gasteiger partial charge in [-0.15, -0.1) is 0 Å². The van der Waals surface area contributed by atoms with Gasteiger partial charge in [-0.3, -0.25) is 9.59 Å². The van der Waals surface area contributed by atoms with Crippen LogP contribution >= 0.6 is 12.6 Å². The van der Waals surface area contributed by atoms with Crippen LogP contribution in [-0.2, 0) is 14.4 Å². The predicted molar refractivity (Wildman–Crippen MR) is 115 cm³/mol. The van der Waals surface area contributed by atoms with Gasteiger partial charge in [-0.2, -0.15) is 12.6 Å². The quantitative estimate of drug-likeness (QED) is 0.231. The number of thiol groups is 1. The molecule has 8 heteroatoms. The van der Waals surface area contributed by atoms with Crippen molar-refractivity contribution >= 4 is 30.4 Å². The lowest BCUT2D eigenvalue weighted by molar-refractivity contribution is -0.142. The van der Waals surface area contributed by atoms with Crippen molar-refractivity contribution in [3.8, 4) is 0 Å². The van der Waals surface area contributed by atoms with Crippen LogP contribution in [-0.4, -0.2) is 40.7 Å². The molecule has 0 aliphatic heterocycles. The third kappa shape index (κ3) is 10.5. The van der Waals surface area contributed by atoms with Gasteiger partial charge in [-0.1, -0.05) is 52.0 Å². The van der Waals surface area contributed by atoms with E-state index in [0.29, 0.717) is 11.7 Å². The van der Waals surface area contributed by atoms with Gasteiger partial charge < -0.3 is 21.9 Å². The molecule has 0 spiro atoms. The van der Waals surface area contributed by atoms with E-state index in [1.165, 1.54) is 0 Å². The van der Waals surface area contributed by atoms with Gasteiger partial charge in [-0.05, 0) is 24.2 Å². The SMILES string of the molecule is CC(C)C(/C=C/C(N)CS)/C=C/C(C(=O)N[C@@H](CCC(N)=O)C(=O)O)C(C)C. The van der Waals surface area contributed by atoms with Crippen molar-refractivity contribution in [3.05, 3.63) is 24.3 Å². The molecule has 0 aromatic heterocycles. The molecule has 6 N–H and O–H groups in total. The molecule has 0 radical (unpaired) electrons. The molecule has 0 bridgehead atoms. The number of carbonyl (C=O) groups excluding carboxylic acids is 2. The molecule has 28 heavy (non-hydrogen) atoms. The third-order valence-electron chi connectivity index (χ3n) is 4.42. The number of nitrogens with two attached hydrogens (primary N) is 2. The summed E-state index contributed by atoms with van der Waals surface area (Å²) in [4.78, 5) is 34.9. The number of hydrogen-bond acceptors (Lipinski definition) is 5. The molecular weight excluding hydrogens is 378 g/mol. The summed E-state index contributed by atoms with van der Waals surface area (Å²) in [6.07, 6.45) is 7.53. The largest absolute Gasteiger partial charge is 0.480 e. The molecule has 3 unspecified atom stereocenters. The Morgan fingerprint density at radius 3 is 2.04 bits per heavy atom. The normalized spacial score (nSPS) is 16.4. The summed E-state index contributed by atoms with van der Waals surface area (Å²) in [6.45, 7) is 7.93. The summed E-state index contributed by atoms with van der Waals surface area (Å²) in [5.74, 6) is -1.77. The van der Waals surface area contributed by atoms with E-state index >= 15 is 0 Å². The number of nitrogens with one attached hydrogen (secondary N) is 1. The number of amides is 2. The van der Waals surface area contributed by atoms with Crippen LogP contribution in [0.5, 0.6) is 0 Å². The molecule has 7 nitrogen and oxygen atoms in total. The summed E-state index contributed by atoms with van der Waals surface area (Å²) in [6, 6.07) is -1.28. The minimum atomic E-state index is -1.19. The van der Waals surface area contributed by atoms with Gasteiger partial charge in [0.25, 0.3) is 0 Å². The maximum Gasteiger partial charge on any atom is 0.326 e. The molecule has 0 aliphatic carbocycles. The molecule has 2 amide bonds. The second kappa shape index (κ2) is 13.4. The molecule has 0 rings (SSSR count). The highest BCUT2D eigenvalue weighted by atomic mass is 32.1. The maximum absolute atomic E-state index is 12.6. The van der Waals surface area contributed by atoms with Crippen molar-refractivity contribution in [1.29, 1.82) is 0 Å². The Bertz CT molecular complexity index is 576. The molecule has 160 valence electrons. The Kier molecular flexibility index (Phi) is 12.5. The zero-order chi connectivity index (χ0) is 21.9. The Labute approximate surface area is 173 Å². The van der Waals surface area contributed by atoms with Gasteiger partial charge in [0.05, 0.1) is 5.92 Å². The summed E-state index contributed by atoms with van der Waals surface area (Å²) in [5.41, 5.74) is 10.9. The summed E-state index contributed by atoms with van der Waals surface area (Å²) in [7, 11) is 0. The number of carbonyl (C=O) groups is 3. The van der Waals surface area contributed by atoms with Gasteiger partial charge in [0.15, 0.2) is 0 Å². The first kappa shape index (κ1) is 26.2. The van der Waals surface area contributed by atoms with Crippen molar-refractivity contribution in [2.45, 2.75) is 52.6 Å². The van der Waals surface area contributed by atoms with Crippen molar-refractivity contribution in [2.75, 3.05) is 5.75 Å². The number of carboxylic acid groups (broad SMARTS) is 1. The Hall–Kier alpha value is -1.80. The van der Waals surface area contributed by atoms with Crippen molar-refractivity contribution in [2.24, 2.45) is 35.1 Å². The lowest BCUT2D eigenvalue weighted by atomic mass is 9.89. The highest BCUT2D eigenvalue weighted by Crippen LogP contribution is 2.19. The summed E-state index contributed by atoms with van der Waals surface area (Å²) in [5, 5.41) is 11.8. The lowest BCUT2D eigenvalue weighted by Gasteiger charge is -2.21. The first-order valence-electron chi connectivity index (χ1n) is 9.54. The van der Waals surface area contributed by atoms with E-state index in [4.69, 9.17) is 11.5 Å². The van der Waals surface area contributed by atoms with Crippen LogP contribution < -0.4 is 16.8 Å². The molecule has 0 aromatic rings. The van der Waals surface area contributed by atoms with E-state index in [9.17, 15) is 19.5 Å². The zero-order valence-electron chi connectivity index (χ0n) is 17.2. The Morgan fingerprint density at radius 1 is 1.04 bits per heavy atom. The maximum atomic E-state index is 12.6. The van der Waals surface area contributed by atoms with Crippen LogP contribution in [0.3, 0.4) is 0 Å². The highest BCUT2D eigenvalue weighted by Gasteiger charge is 2.26. The number of hydrogen-bond donors (Lipinski definition) is 5. The topological polar surface area (TPSA) is 136 Å². The van der Waals surface area contributed by atoms with Crippen LogP contribution in [0.25, 0.3) is 0 Å². The minimum absolute atomic E-state index is 0.0293. The lowest BCUT2D eigenvalue weighted by Crippen LogP contribution is -2.44. The number of allylic oxidation sites excluding steroid dienone is 2. The van der Waals surface area contributed by atoms with Crippen LogP contribution in [0.15, 0.2) is 24.3 Å². The number of rotatable bonds is 13. The average molecular weight is 414 g/mol. The smallest absolute Gasteiger partial charge is 0.326 e. The van der Waals surface area contributed by atoms with Crippen LogP contribution in [0.1, 0.15) is 40.5 Å². The van der Waals surface area contributed by atoms with Crippen molar-refractivity contribution < 1.29 is 19.5 Å². The monoisotopic (exact) mass is 413 g/mol. The Balaban J connectivity index is 5.27. The average Bonchev–Trinajstić information content (AvgIpc) is 2.59. The molecule has 0 saturated heterocycles. The molecule has 0 fully saturated rings.